The van der Waals surface area contributed by atoms with Gasteiger partial charge in [-0.2, -0.15) is 0 Å². The number of urea groups is 1. The summed E-state index contributed by atoms with van der Waals surface area (Å²) in [4.78, 5) is 12.0. The van der Waals surface area contributed by atoms with E-state index < -0.39 is 10.8 Å². The standard InChI is InChI=1S/C14H22N2O2S/c1-3-15-14(17)16-10-4-5-11-19(18)13-8-6-12(2)7-9-13/h6-9H,3-5,10-11H2,1-2H3,(H2,15,16,17). The average Bonchev–Trinajstić information content (AvgIpc) is 2.39. The molecule has 1 aromatic rings. The molecule has 0 bridgehead atoms. The maximum absolute atomic E-state index is 12.0. The van der Waals surface area contributed by atoms with Gasteiger partial charge in [-0.15, -0.1) is 0 Å². The lowest BCUT2D eigenvalue weighted by atomic mass is 10.2. The summed E-state index contributed by atoms with van der Waals surface area (Å²) < 4.78 is 12.0. The predicted octanol–water partition coefficient (Wildman–Crippen LogP) is 2.20. The van der Waals surface area contributed by atoms with Gasteiger partial charge in [0.1, 0.15) is 0 Å². The van der Waals surface area contributed by atoms with Crippen LogP contribution in [0.15, 0.2) is 29.2 Å². The van der Waals surface area contributed by atoms with Gasteiger partial charge in [0, 0.05) is 23.7 Å². The van der Waals surface area contributed by atoms with Gasteiger partial charge in [0.2, 0.25) is 0 Å². The van der Waals surface area contributed by atoms with Crippen molar-refractivity contribution < 1.29 is 9.00 Å². The Hall–Kier alpha value is -1.36. The van der Waals surface area contributed by atoms with Crippen molar-refractivity contribution >= 4 is 16.8 Å². The number of hydrogen-bond acceptors (Lipinski definition) is 2. The van der Waals surface area contributed by atoms with Crippen LogP contribution in [0.4, 0.5) is 4.79 Å². The van der Waals surface area contributed by atoms with Crippen molar-refractivity contribution in [1.82, 2.24) is 10.6 Å². The van der Waals surface area contributed by atoms with Gasteiger partial charge in [-0.25, -0.2) is 4.79 Å². The summed E-state index contributed by atoms with van der Waals surface area (Å²) in [6.45, 7) is 5.14. The second-order valence-electron chi connectivity index (χ2n) is 4.36. The van der Waals surface area contributed by atoms with Crippen LogP contribution in [0.2, 0.25) is 0 Å². The number of hydrogen-bond donors (Lipinski definition) is 2. The molecular weight excluding hydrogens is 260 g/mol. The Balaban J connectivity index is 2.17. The molecule has 2 amide bonds. The van der Waals surface area contributed by atoms with E-state index in [1.807, 2.05) is 38.1 Å². The van der Waals surface area contributed by atoms with Gasteiger partial charge in [-0.1, -0.05) is 17.7 Å². The Morgan fingerprint density at radius 3 is 2.47 bits per heavy atom. The Labute approximate surface area is 117 Å². The smallest absolute Gasteiger partial charge is 0.314 e. The molecule has 2 N–H and O–H groups in total. The lowest BCUT2D eigenvalue weighted by molar-refractivity contribution is 0.241. The zero-order valence-corrected chi connectivity index (χ0v) is 12.4. The first-order valence-corrected chi connectivity index (χ1v) is 7.92. The number of nitrogens with one attached hydrogen (secondary N) is 2. The van der Waals surface area contributed by atoms with Crippen molar-refractivity contribution in [2.75, 3.05) is 18.8 Å². The molecule has 19 heavy (non-hydrogen) atoms. The maximum Gasteiger partial charge on any atom is 0.314 e. The number of carbonyl (C=O) groups excluding carboxylic acids is 1. The number of rotatable bonds is 7. The molecule has 0 heterocycles. The minimum absolute atomic E-state index is 0.137. The third-order valence-electron chi connectivity index (χ3n) is 2.66. The molecule has 106 valence electrons. The molecule has 1 atom stereocenters. The largest absolute Gasteiger partial charge is 0.338 e. The van der Waals surface area contributed by atoms with E-state index in [1.54, 1.807) is 0 Å². The predicted molar refractivity (Wildman–Crippen MR) is 78.8 cm³/mol. The molecule has 1 aromatic carbocycles. The topological polar surface area (TPSA) is 58.2 Å². The molecular formula is C14H22N2O2S. The number of amides is 2. The summed E-state index contributed by atoms with van der Waals surface area (Å²) in [6, 6.07) is 7.65. The van der Waals surface area contributed by atoms with E-state index in [9.17, 15) is 9.00 Å². The fourth-order valence-corrected chi connectivity index (χ4v) is 2.73. The maximum atomic E-state index is 12.0. The zero-order valence-electron chi connectivity index (χ0n) is 11.6. The fourth-order valence-electron chi connectivity index (χ4n) is 1.59. The lowest BCUT2D eigenvalue weighted by Crippen LogP contribution is -2.35. The third kappa shape index (κ3) is 6.38. The number of aryl methyl sites for hydroxylation is 1. The van der Waals surface area contributed by atoms with Gasteiger partial charge in [-0.05, 0) is 38.8 Å². The van der Waals surface area contributed by atoms with Crippen molar-refractivity contribution in [3.63, 3.8) is 0 Å². The molecule has 1 rings (SSSR count). The molecule has 0 aliphatic heterocycles. The molecule has 0 spiro atoms. The first kappa shape index (κ1) is 15.7. The lowest BCUT2D eigenvalue weighted by Gasteiger charge is -2.06. The number of benzene rings is 1. The molecule has 0 fully saturated rings. The monoisotopic (exact) mass is 282 g/mol. The van der Waals surface area contributed by atoms with Crippen LogP contribution >= 0.6 is 0 Å². The minimum atomic E-state index is -0.938. The van der Waals surface area contributed by atoms with Gasteiger partial charge in [-0.3, -0.25) is 4.21 Å². The molecule has 4 nitrogen and oxygen atoms in total. The molecule has 1 unspecified atom stereocenters. The van der Waals surface area contributed by atoms with Crippen LogP contribution in [-0.4, -0.2) is 29.1 Å². The molecule has 5 heteroatoms. The van der Waals surface area contributed by atoms with E-state index in [2.05, 4.69) is 10.6 Å². The van der Waals surface area contributed by atoms with Crippen LogP contribution in [0.5, 0.6) is 0 Å². The SMILES string of the molecule is CCNC(=O)NCCCCS(=O)c1ccc(C)cc1. The van der Waals surface area contributed by atoms with Crippen LogP contribution in [0.1, 0.15) is 25.3 Å². The zero-order chi connectivity index (χ0) is 14.1. The van der Waals surface area contributed by atoms with E-state index in [4.69, 9.17) is 0 Å². The van der Waals surface area contributed by atoms with Gasteiger partial charge in [0.25, 0.3) is 0 Å². The van der Waals surface area contributed by atoms with Crippen molar-refractivity contribution in [3.05, 3.63) is 29.8 Å². The second-order valence-corrected chi connectivity index (χ2v) is 5.93. The first-order valence-electron chi connectivity index (χ1n) is 6.60. The Bertz CT molecular complexity index is 418. The van der Waals surface area contributed by atoms with E-state index in [-0.39, 0.29) is 6.03 Å². The van der Waals surface area contributed by atoms with Crippen molar-refractivity contribution in [2.45, 2.75) is 31.6 Å². The van der Waals surface area contributed by atoms with Crippen LogP contribution < -0.4 is 10.6 Å². The van der Waals surface area contributed by atoms with Crippen molar-refractivity contribution in [3.8, 4) is 0 Å². The highest BCUT2D eigenvalue weighted by atomic mass is 32.2. The second kappa shape index (κ2) is 8.69. The summed E-state index contributed by atoms with van der Waals surface area (Å²) in [6.07, 6.45) is 1.68. The molecule has 0 aliphatic rings. The Morgan fingerprint density at radius 2 is 1.84 bits per heavy atom. The summed E-state index contributed by atoms with van der Waals surface area (Å²) in [7, 11) is -0.938. The van der Waals surface area contributed by atoms with E-state index >= 15 is 0 Å². The molecule has 0 saturated carbocycles. The Morgan fingerprint density at radius 1 is 1.16 bits per heavy atom. The average molecular weight is 282 g/mol. The van der Waals surface area contributed by atoms with Crippen LogP contribution in [0.3, 0.4) is 0 Å². The quantitative estimate of drug-likeness (QED) is 0.753. The van der Waals surface area contributed by atoms with Gasteiger partial charge < -0.3 is 10.6 Å². The summed E-state index contributed by atoms with van der Waals surface area (Å²) >= 11 is 0. The van der Waals surface area contributed by atoms with Crippen molar-refractivity contribution in [2.24, 2.45) is 0 Å². The summed E-state index contributed by atoms with van der Waals surface area (Å²) in [5.74, 6) is 0.639. The van der Waals surface area contributed by atoms with Crippen LogP contribution in [0, 0.1) is 6.92 Å². The van der Waals surface area contributed by atoms with Gasteiger partial charge in [0.15, 0.2) is 0 Å². The summed E-state index contributed by atoms with van der Waals surface area (Å²) in [5.41, 5.74) is 1.17. The summed E-state index contributed by atoms with van der Waals surface area (Å²) in [5, 5.41) is 5.42. The molecule has 0 radical (unpaired) electrons. The minimum Gasteiger partial charge on any atom is -0.338 e. The normalized spacial score (nSPS) is 11.9. The van der Waals surface area contributed by atoms with Gasteiger partial charge in [0.05, 0.1) is 10.8 Å². The van der Waals surface area contributed by atoms with E-state index in [0.29, 0.717) is 18.8 Å². The highest BCUT2D eigenvalue weighted by molar-refractivity contribution is 7.85. The Kier molecular flexibility index (Phi) is 7.18. The highest BCUT2D eigenvalue weighted by Crippen LogP contribution is 2.09. The van der Waals surface area contributed by atoms with Crippen molar-refractivity contribution in [1.29, 1.82) is 0 Å². The van der Waals surface area contributed by atoms with Gasteiger partial charge >= 0.3 is 6.03 Å². The highest BCUT2D eigenvalue weighted by Gasteiger charge is 2.03. The van der Waals surface area contributed by atoms with E-state index in [0.717, 1.165) is 17.7 Å². The number of carbonyl (C=O) groups is 1. The number of unbranched alkanes of at least 4 members (excludes halogenated alkanes) is 1. The van der Waals surface area contributed by atoms with Crippen LogP contribution in [-0.2, 0) is 10.8 Å². The third-order valence-corrected chi connectivity index (χ3v) is 4.12. The first-order chi connectivity index (χ1) is 9.13. The fraction of sp³-hybridized carbons (Fsp3) is 0.500. The van der Waals surface area contributed by atoms with E-state index in [1.165, 1.54) is 5.56 Å². The van der Waals surface area contributed by atoms with Crippen LogP contribution in [0.25, 0.3) is 0 Å². The molecule has 0 aromatic heterocycles. The molecule has 0 saturated heterocycles. The molecule has 0 aliphatic carbocycles.